The number of rotatable bonds is 4. The van der Waals surface area contributed by atoms with E-state index in [0.29, 0.717) is 5.02 Å². The molecular formula is C14H17ClN4O4S2. The number of hydrogen-bond acceptors (Lipinski definition) is 5. The predicted molar refractivity (Wildman–Crippen MR) is 92.2 cm³/mol. The van der Waals surface area contributed by atoms with Gasteiger partial charge < -0.3 is 0 Å². The van der Waals surface area contributed by atoms with Crippen LogP contribution >= 0.6 is 11.6 Å². The van der Waals surface area contributed by atoms with Gasteiger partial charge >= 0.3 is 0 Å². The zero-order valence-corrected chi connectivity index (χ0v) is 15.8. The van der Waals surface area contributed by atoms with Gasteiger partial charge in [0.25, 0.3) is 0 Å². The van der Waals surface area contributed by atoms with Gasteiger partial charge in [-0.25, -0.2) is 16.8 Å². The van der Waals surface area contributed by atoms with Crippen molar-refractivity contribution in [2.45, 2.75) is 9.79 Å². The summed E-state index contributed by atoms with van der Waals surface area (Å²) in [6, 6.07) is 5.90. The largest absolute Gasteiger partial charge is 0.274 e. The lowest BCUT2D eigenvalue weighted by Crippen LogP contribution is -2.50. The van der Waals surface area contributed by atoms with Gasteiger partial charge in [-0.3, -0.25) is 4.68 Å². The van der Waals surface area contributed by atoms with Gasteiger partial charge in [0.1, 0.15) is 4.90 Å². The molecule has 1 aliphatic rings. The Bertz CT molecular complexity index is 963. The fourth-order valence-corrected chi connectivity index (χ4v) is 5.54. The lowest BCUT2D eigenvalue weighted by atomic mass is 10.4. The van der Waals surface area contributed by atoms with E-state index in [4.69, 9.17) is 11.6 Å². The summed E-state index contributed by atoms with van der Waals surface area (Å²) in [6.07, 6.45) is 2.71. The summed E-state index contributed by atoms with van der Waals surface area (Å²) in [5, 5.41) is 4.32. The molecule has 11 heteroatoms. The molecule has 0 spiro atoms. The lowest BCUT2D eigenvalue weighted by Gasteiger charge is -2.32. The van der Waals surface area contributed by atoms with Crippen LogP contribution in [0, 0.1) is 0 Å². The maximum Gasteiger partial charge on any atom is 0.246 e. The minimum atomic E-state index is -3.67. The Labute approximate surface area is 151 Å². The number of aryl methyl sites for hydroxylation is 1. The molecule has 0 bridgehead atoms. The number of nitrogens with zero attached hydrogens (tertiary/aromatic N) is 4. The van der Waals surface area contributed by atoms with Crippen molar-refractivity contribution in [3.63, 3.8) is 0 Å². The second kappa shape index (κ2) is 6.69. The highest BCUT2D eigenvalue weighted by Gasteiger charge is 2.34. The van der Waals surface area contributed by atoms with Crippen LogP contribution in [-0.2, 0) is 27.1 Å². The van der Waals surface area contributed by atoms with E-state index in [0.717, 1.165) is 0 Å². The van der Waals surface area contributed by atoms with Crippen molar-refractivity contribution in [1.82, 2.24) is 18.4 Å². The number of piperazine rings is 1. The molecule has 3 rings (SSSR count). The van der Waals surface area contributed by atoms with Crippen molar-refractivity contribution in [3.05, 3.63) is 41.7 Å². The maximum atomic E-state index is 12.6. The Morgan fingerprint density at radius 2 is 1.36 bits per heavy atom. The Balaban J connectivity index is 1.74. The van der Waals surface area contributed by atoms with Crippen LogP contribution in [0.5, 0.6) is 0 Å². The molecule has 1 aliphatic heterocycles. The number of benzene rings is 1. The van der Waals surface area contributed by atoms with Crippen LogP contribution in [0.3, 0.4) is 0 Å². The van der Waals surface area contributed by atoms with Gasteiger partial charge in [0.15, 0.2) is 0 Å². The highest BCUT2D eigenvalue weighted by molar-refractivity contribution is 7.89. The van der Waals surface area contributed by atoms with Gasteiger partial charge in [-0.2, -0.15) is 13.7 Å². The topological polar surface area (TPSA) is 92.6 Å². The molecule has 0 atom stereocenters. The normalized spacial score (nSPS) is 17.7. The maximum absolute atomic E-state index is 12.6. The van der Waals surface area contributed by atoms with E-state index in [1.807, 2.05) is 0 Å². The van der Waals surface area contributed by atoms with Crippen molar-refractivity contribution in [2.24, 2.45) is 7.05 Å². The van der Waals surface area contributed by atoms with Crippen molar-refractivity contribution < 1.29 is 16.8 Å². The predicted octanol–water partition coefficient (Wildman–Crippen LogP) is 0.769. The smallest absolute Gasteiger partial charge is 0.246 e. The molecule has 1 aromatic carbocycles. The number of aromatic nitrogens is 2. The highest BCUT2D eigenvalue weighted by Crippen LogP contribution is 2.22. The summed E-state index contributed by atoms with van der Waals surface area (Å²) in [5.41, 5.74) is 0. The summed E-state index contributed by atoms with van der Waals surface area (Å²) in [4.78, 5) is 0.240. The second-order valence-corrected chi connectivity index (χ2v) is 9.92. The molecule has 2 aromatic rings. The second-order valence-electron chi connectivity index (χ2n) is 5.61. The fraction of sp³-hybridized carbons (Fsp3) is 0.357. The van der Waals surface area contributed by atoms with Crippen molar-refractivity contribution in [3.8, 4) is 0 Å². The molecular weight excluding hydrogens is 388 g/mol. The molecule has 0 unspecified atom stereocenters. The van der Waals surface area contributed by atoms with Crippen LogP contribution in [0.4, 0.5) is 0 Å². The van der Waals surface area contributed by atoms with E-state index in [-0.39, 0.29) is 36.0 Å². The third-order valence-electron chi connectivity index (χ3n) is 3.97. The first-order valence-electron chi connectivity index (χ1n) is 7.46. The molecule has 25 heavy (non-hydrogen) atoms. The minimum absolute atomic E-state index is 0.0873. The zero-order chi connectivity index (χ0) is 18.2. The monoisotopic (exact) mass is 404 g/mol. The van der Waals surface area contributed by atoms with E-state index in [1.165, 1.54) is 50.0 Å². The molecule has 0 amide bonds. The average molecular weight is 405 g/mol. The Morgan fingerprint density at radius 3 is 1.80 bits per heavy atom. The van der Waals surface area contributed by atoms with Crippen LogP contribution in [-0.4, -0.2) is 61.4 Å². The molecule has 1 fully saturated rings. The summed E-state index contributed by atoms with van der Waals surface area (Å²) in [6.45, 7) is 0.350. The van der Waals surface area contributed by atoms with Gasteiger partial charge in [0.2, 0.25) is 20.0 Å². The molecule has 0 saturated carbocycles. The van der Waals surface area contributed by atoms with E-state index in [1.54, 1.807) is 7.05 Å². The minimum Gasteiger partial charge on any atom is -0.274 e. The Morgan fingerprint density at radius 1 is 0.880 bits per heavy atom. The van der Waals surface area contributed by atoms with Crippen LogP contribution < -0.4 is 0 Å². The van der Waals surface area contributed by atoms with E-state index in [2.05, 4.69) is 5.10 Å². The van der Waals surface area contributed by atoms with Crippen LogP contribution in [0.15, 0.2) is 46.5 Å². The molecule has 2 heterocycles. The molecule has 136 valence electrons. The lowest BCUT2D eigenvalue weighted by molar-refractivity contribution is 0.273. The number of sulfonamides is 2. The molecule has 0 N–H and O–H groups in total. The summed E-state index contributed by atoms with van der Waals surface area (Å²) < 4.78 is 54.3. The zero-order valence-electron chi connectivity index (χ0n) is 13.4. The summed E-state index contributed by atoms with van der Waals surface area (Å²) in [7, 11) is -5.71. The van der Waals surface area contributed by atoms with Gasteiger partial charge in [-0.1, -0.05) is 11.6 Å². The van der Waals surface area contributed by atoms with Gasteiger partial charge in [-0.05, 0) is 24.3 Å². The van der Waals surface area contributed by atoms with Gasteiger partial charge in [-0.15, -0.1) is 0 Å². The summed E-state index contributed by atoms with van der Waals surface area (Å²) in [5.74, 6) is 0. The first kappa shape index (κ1) is 18.3. The van der Waals surface area contributed by atoms with Crippen molar-refractivity contribution in [2.75, 3.05) is 26.2 Å². The molecule has 1 aromatic heterocycles. The third kappa shape index (κ3) is 3.58. The van der Waals surface area contributed by atoms with Crippen LogP contribution in [0.2, 0.25) is 5.02 Å². The van der Waals surface area contributed by atoms with Crippen molar-refractivity contribution in [1.29, 1.82) is 0 Å². The summed E-state index contributed by atoms with van der Waals surface area (Å²) >= 11 is 5.79. The van der Waals surface area contributed by atoms with E-state index >= 15 is 0 Å². The Hall–Kier alpha value is -1.46. The quantitative estimate of drug-likeness (QED) is 0.750. The average Bonchev–Trinajstić information content (AvgIpc) is 3.03. The first-order chi connectivity index (χ1) is 11.7. The molecule has 0 aliphatic carbocycles. The molecule has 1 saturated heterocycles. The van der Waals surface area contributed by atoms with E-state index < -0.39 is 20.0 Å². The van der Waals surface area contributed by atoms with Crippen LogP contribution in [0.1, 0.15) is 0 Å². The van der Waals surface area contributed by atoms with Crippen LogP contribution in [0.25, 0.3) is 0 Å². The SMILES string of the molecule is Cn1cc(S(=O)(=O)N2CCN(S(=O)(=O)c3ccc(Cl)cc3)CC2)cn1. The fourth-order valence-electron chi connectivity index (χ4n) is 2.59. The first-order valence-corrected chi connectivity index (χ1v) is 10.7. The van der Waals surface area contributed by atoms with E-state index in [9.17, 15) is 16.8 Å². The van der Waals surface area contributed by atoms with Crippen molar-refractivity contribution >= 4 is 31.6 Å². The number of hydrogen-bond donors (Lipinski definition) is 0. The standard InChI is InChI=1S/C14H17ClN4O4S2/c1-17-11-14(10-16-17)25(22,23)19-8-6-18(7-9-19)24(20,21)13-4-2-12(15)3-5-13/h2-5,10-11H,6-9H2,1H3. The molecule has 0 radical (unpaired) electrons. The van der Waals surface area contributed by atoms with Gasteiger partial charge in [0, 0.05) is 44.4 Å². The number of halogens is 1. The third-order valence-corrected chi connectivity index (χ3v) is 7.98. The highest BCUT2D eigenvalue weighted by atomic mass is 35.5. The Kier molecular flexibility index (Phi) is 4.91. The van der Waals surface area contributed by atoms with Gasteiger partial charge in [0.05, 0.1) is 11.1 Å². The molecule has 8 nitrogen and oxygen atoms in total.